The van der Waals surface area contributed by atoms with Crippen LogP contribution in [0.1, 0.15) is 54.6 Å². The van der Waals surface area contributed by atoms with Crippen LogP contribution in [0, 0.1) is 11.6 Å². The Bertz CT molecular complexity index is 1160. The van der Waals surface area contributed by atoms with E-state index in [1.54, 1.807) is 6.92 Å². The van der Waals surface area contributed by atoms with Gasteiger partial charge in [-0.25, -0.2) is 18.3 Å². The van der Waals surface area contributed by atoms with Gasteiger partial charge in [-0.3, -0.25) is 4.79 Å². The summed E-state index contributed by atoms with van der Waals surface area (Å²) in [7, 11) is 0. The minimum absolute atomic E-state index is 0.0604. The third-order valence-corrected chi connectivity index (χ3v) is 6.06. The van der Waals surface area contributed by atoms with E-state index >= 15 is 4.39 Å². The van der Waals surface area contributed by atoms with Crippen LogP contribution in [0.2, 0.25) is 0 Å². The third kappa shape index (κ3) is 2.92. The van der Waals surface area contributed by atoms with Gasteiger partial charge in [0, 0.05) is 35.5 Å². The summed E-state index contributed by atoms with van der Waals surface area (Å²) in [6.45, 7) is 1.72. The standard InChI is InChI=1S/C21H22F2N6O/c1-10-16-17(21(30)26-10)19(12-9-25-29-7-6-11(22)8-15(12)29)28-20(18(16)23)27-14-5-3-2-4-13(14)24/h6-10,13-14H,2-5,24H2,1H3,(H,26,30)(H,27,28). The molecule has 0 bridgehead atoms. The van der Waals surface area contributed by atoms with Crippen LogP contribution in [-0.4, -0.2) is 32.6 Å². The van der Waals surface area contributed by atoms with Crippen LogP contribution in [0.5, 0.6) is 0 Å². The summed E-state index contributed by atoms with van der Waals surface area (Å²) >= 11 is 0. The zero-order valence-corrected chi connectivity index (χ0v) is 16.5. The molecule has 2 aliphatic rings. The Morgan fingerprint density at radius 1 is 1.30 bits per heavy atom. The Morgan fingerprint density at radius 3 is 2.90 bits per heavy atom. The molecule has 3 atom stereocenters. The lowest BCUT2D eigenvalue weighted by atomic mass is 9.91. The molecule has 1 aliphatic heterocycles. The maximum absolute atomic E-state index is 15.4. The molecule has 1 saturated carbocycles. The average molecular weight is 412 g/mol. The molecule has 7 nitrogen and oxygen atoms in total. The fourth-order valence-corrected chi connectivity index (χ4v) is 4.50. The van der Waals surface area contributed by atoms with Crippen LogP contribution in [0.3, 0.4) is 0 Å². The summed E-state index contributed by atoms with van der Waals surface area (Å²) in [4.78, 5) is 17.1. The molecule has 156 valence electrons. The number of nitrogens with two attached hydrogens (primary N) is 1. The minimum Gasteiger partial charge on any atom is -0.363 e. The fraction of sp³-hybridized carbons (Fsp3) is 0.381. The number of fused-ring (bicyclic) bond motifs is 2. The number of nitrogens with zero attached hydrogens (tertiary/aromatic N) is 3. The van der Waals surface area contributed by atoms with Crippen LogP contribution in [0.4, 0.5) is 14.6 Å². The summed E-state index contributed by atoms with van der Waals surface area (Å²) in [6.07, 6.45) is 6.75. The molecular formula is C21H22F2N6O. The van der Waals surface area contributed by atoms with Crippen molar-refractivity contribution in [3.8, 4) is 11.3 Å². The normalized spacial score (nSPS) is 23.5. The number of halogens is 2. The van der Waals surface area contributed by atoms with Gasteiger partial charge in [0.25, 0.3) is 5.91 Å². The summed E-state index contributed by atoms with van der Waals surface area (Å²) < 4.78 is 30.8. The number of rotatable bonds is 3. The smallest absolute Gasteiger partial charge is 0.254 e. The van der Waals surface area contributed by atoms with E-state index in [9.17, 15) is 9.18 Å². The monoisotopic (exact) mass is 412 g/mol. The van der Waals surface area contributed by atoms with Gasteiger partial charge in [-0.15, -0.1) is 0 Å². The van der Waals surface area contributed by atoms with Crippen molar-refractivity contribution in [1.82, 2.24) is 19.9 Å². The molecule has 1 amide bonds. The Hall–Kier alpha value is -3.07. The van der Waals surface area contributed by atoms with E-state index in [0.29, 0.717) is 11.1 Å². The van der Waals surface area contributed by atoms with Crippen molar-refractivity contribution in [2.75, 3.05) is 5.32 Å². The summed E-state index contributed by atoms with van der Waals surface area (Å²) in [5, 5.41) is 10.2. The van der Waals surface area contributed by atoms with Crippen LogP contribution in [0.25, 0.3) is 16.8 Å². The van der Waals surface area contributed by atoms with E-state index < -0.39 is 23.6 Å². The summed E-state index contributed by atoms with van der Waals surface area (Å²) in [6, 6.07) is 1.90. The number of carbonyl (C=O) groups excluding carboxylic acids is 1. The number of hydrogen-bond acceptors (Lipinski definition) is 5. The van der Waals surface area contributed by atoms with Crippen molar-refractivity contribution >= 4 is 17.2 Å². The highest BCUT2D eigenvalue weighted by Crippen LogP contribution is 2.39. The van der Waals surface area contributed by atoms with Gasteiger partial charge in [-0.1, -0.05) is 12.8 Å². The predicted molar refractivity (Wildman–Crippen MR) is 108 cm³/mol. The zero-order chi connectivity index (χ0) is 21.0. The summed E-state index contributed by atoms with van der Waals surface area (Å²) in [5.74, 6) is -1.34. The molecule has 4 N–H and O–H groups in total. The van der Waals surface area contributed by atoms with Gasteiger partial charge in [0.1, 0.15) is 5.82 Å². The van der Waals surface area contributed by atoms with Crippen molar-refractivity contribution in [3.05, 3.63) is 47.3 Å². The van der Waals surface area contributed by atoms with Crippen LogP contribution in [-0.2, 0) is 0 Å². The van der Waals surface area contributed by atoms with Gasteiger partial charge >= 0.3 is 0 Å². The average Bonchev–Trinajstić information content (AvgIpc) is 3.26. The van der Waals surface area contributed by atoms with E-state index in [0.717, 1.165) is 25.7 Å². The molecule has 0 saturated heterocycles. The lowest BCUT2D eigenvalue weighted by Gasteiger charge is -2.30. The van der Waals surface area contributed by atoms with Gasteiger partial charge in [0.05, 0.1) is 29.0 Å². The molecule has 0 radical (unpaired) electrons. The molecule has 0 spiro atoms. The maximum atomic E-state index is 15.4. The Balaban J connectivity index is 1.70. The molecule has 0 aromatic carbocycles. The third-order valence-electron chi connectivity index (χ3n) is 6.06. The molecule has 1 aliphatic carbocycles. The van der Waals surface area contributed by atoms with E-state index in [4.69, 9.17) is 5.73 Å². The van der Waals surface area contributed by atoms with Crippen LogP contribution >= 0.6 is 0 Å². The van der Waals surface area contributed by atoms with Crippen molar-refractivity contribution in [2.45, 2.75) is 50.7 Å². The topological polar surface area (TPSA) is 97.3 Å². The van der Waals surface area contributed by atoms with Gasteiger partial charge < -0.3 is 16.4 Å². The van der Waals surface area contributed by atoms with Gasteiger partial charge in [0.2, 0.25) is 0 Å². The minimum atomic E-state index is -0.556. The van der Waals surface area contributed by atoms with E-state index in [-0.39, 0.29) is 34.7 Å². The predicted octanol–water partition coefficient (Wildman–Crippen LogP) is 3.16. The first-order valence-corrected chi connectivity index (χ1v) is 10.1. The molecule has 9 heteroatoms. The quantitative estimate of drug-likeness (QED) is 0.614. The second kappa shape index (κ2) is 7.02. The van der Waals surface area contributed by atoms with E-state index in [1.807, 2.05) is 0 Å². The number of nitrogens with one attached hydrogen (secondary N) is 2. The first-order chi connectivity index (χ1) is 14.4. The molecular weight excluding hydrogens is 390 g/mol. The molecule has 3 unspecified atom stereocenters. The lowest BCUT2D eigenvalue weighted by molar-refractivity contribution is 0.0959. The fourth-order valence-electron chi connectivity index (χ4n) is 4.50. The van der Waals surface area contributed by atoms with Gasteiger partial charge in [-0.2, -0.15) is 5.10 Å². The van der Waals surface area contributed by atoms with Crippen LogP contribution < -0.4 is 16.4 Å². The van der Waals surface area contributed by atoms with Crippen molar-refractivity contribution in [1.29, 1.82) is 0 Å². The second-order valence-corrected chi connectivity index (χ2v) is 8.04. The van der Waals surface area contributed by atoms with E-state index in [2.05, 4.69) is 20.7 Å². The summed E-state index contributed by atoms with van der Waals surface area (Å²) in [5.41, 5.74) is 7.84. The molecule has 3 aromatic rings. The molecule has 1 fully saturated rings. The molecule has 3 aromatic heterocycles. The van der Waals surface area contributed by atoms with E-state index in [1.165, 1.54) is 29.0 Å². The van der Waals surface area contributed by atoms with Gasteiger partial charge in [-0.05, 0) is 25.8 Å². The largest absolute Gasteiger partial charge is 0.363 e. The number of anilines is 1. The Morgan fingerprint density at radius 2 is 2.10 bits per heavy atom. The highest BCUT2D eigenvalue weighted by Gasteiger charge is 2.36. The first kappa shape index (κ1) is 18.9. The van der Waals surface area contributed by atoms with Crippen molar-refractivity contribution in [2.24, 2.45) is 5.73 Å². The van der Waals surface area contributed by atoms with Crippen molar-refractivity contribution < 1.29 is 13.6 Å². The highest BCUT2D eigenvalue weighted by molar-refractivity contribution is 6.06. The zero-order valence-electron chi connectivity index (χ0n) is 16.5. The number of pyridine rings is 2. The number of carbonyl (C=O) groups is 1. The number of aromatic nitrogens is 3. The number of amides is 1. The first-order valence-electron chi connectivity index (χ1n) is 10.1. The SMILES string of the molecule is CC1NC(=O)c2c(-c3cnn4ccc(F)cc34)nc(NC3CCCCC3N)c(F)c21. The Labute approximate surface area is 171 Å². The lowest BCUT2D eigenvalue weighted by Crippen LogP contribution is -2.43. The van der Waals surface area contributed by atoms with Crippen molar-refractivity contribution in [3.63, 3.8) is 0 Å². The number of hydrogen-bond donors (Lipinski definition) is 3. The molecule has 4 heterocycles. The maximum Gasteiger partial charge on any atom is 0.254 e. The Kier molecular flexibility index (Phi) is 4.43. The highest BCUT2D eigenvalue weighted by atomic mass is 19.1. The molecule has 5 rings (SSSR count). The van der Waals surface area contributed by atoms with Crippen LogP contribution in [0.15, 0.2) is 24.5 Å². The second-order valence-electron chi connectivity index (χ2n) is 8.04. The van der Waals surface area contributed by atoms with Gasteiger partial charge in [0.15, 0.2) is 11.6 Å². The molecule has 30 heavy (non-hydrogen) atoms.